The van der Waals surface area contributed by atoms with E-state index in [0.29, 0.717) is 26.0 Å². The number of carbonyl (C=O) groups excluding carboxylic acids is 1. The molecular weight excluding hydrogens is 562 g/mol. The number of aryl methyl sites for hydroxylation is 4. The Labute approximate surface area is 267 Å². The lowest BCUT2D eigenvalue weighted by Crippen LogP contribution is -2.30. The van der Waals surface area contributed by atoms with Crippen molar-refractivity contribution in [2.75, 3.05) is 33.4 Å². The van der Waals surface area contributed by atoms with Crippen molar-refractivity contribution in [3.05, 3.63) is 69.3 Å². The molecule has 240 valence electrons. The molecule has 0 fully saturated rings. The van der Waals surface area contributed by atoms with E-state index < -0.39 is 0 Å². The molecule has 1 amide bonds. The van der Waals surface area contributed by atoms with Crippen LogP contribution >= 0.6 is 0 Å². The number of hydrogen-bond donors (Lipinski definition) is 3. The van der Waals surface area contributed by atoms with E-state index in [1.807, 2.05) is 7.05 Å². The third-order valence-electron chi connectivity index (χ3n) is 9.82. The number of ether oxygens (including phenoxy) is 1. The monoisotopic (exact) mass is 611 g/mol. The van der Waals surface area contributed by atoms with Gasteiger partial charge in [0, 0.05) is 65.3 Å². The summed E-state index contributed by atoms with van der Waals surface area (Å²) in [5, 5.41) is 8.95. The van der Waals surface area contributed by atoms with Crippen LogP contribution in [-0.4, -0.2) is 69.3 Å². The highest BCUT2D eigenvalue weighted by Gasteiger charge is 2.31. The molecule has 3 aromatic rings. The molecular formula is C37H49N5O3. The van der Waals surface area contributed by atoms with Gasteiger partial charge in [0.25, 0.3) is 0 Å². The highest BCUT2D eigenvalue weighted by atomic mass is 16.5. The zero-order valence-corrected chi connectivity index (χ0v) is 28.2. The first-order chi connectivity index (χ1) is 21.6. The van der Waals surface area contributed by atoms with Crippen molar-refractivity contribution < 1.29 is 14.6 Å². The maximum Gasteiger partial charge on any atom is 0.222 e. The molecule has 2 aliphatic rings. The first-order valence-corrected chi connectivity index (χ1v) is 16.4. The number of aromatic amines is 2. The van der Waals surface area contributed by atoms with Crippen LogP contribution in [-0.2, 0) is 16.0 Å². The number of aromatic nitrogens is 4. The predicted octanol–water partition coefficient (Wildman–Crippen LogP) is 7.28. The van der Waals surface area contributed by atoms with E-state index in [-0.39, 0.29) is 31.0 Å². The second-order valence-electron chi connectivity index (χ2n) is 12.6. The Morgan fingerprint density at radius 1 is 0.911 bits per heavy atom. The highest BCUT2D eigenvalue weighted by Crippen LogP contribution is 2.42. The molecule has 8 bridgehead atoms. The van der Waals surface area contributed by atoms with E-state index in [1.54, 1.807) is 4.90 Å². The molecule has 2 aliphatic heterocycles. The van der Waals surface area contributed by atoms with Crippen LogP contribution in [0, 0.1) is 20.8 Å². The van der Waals surface area contributed by atoms with Crippen LogP contribution in [0.5, 0.6) is 0 Å². The molecule has 8 nitrogen and oxygen atoms in total. The minimum absolute atomic E-state index is 0.0169. The number of amides is 1. The van der Waals surface area contributed by atoms with Crippen LogP contribution in [0.4, 0.5) is 0 Å². The van der Waals surface area contributed by atoms with Crippen molar-refractivity contribution in [3.8, 4) is 0 Å². The minimum Gasteiger partial charge on any atom is -0.394 e. The average molecular weight is 612 g/mol. The summed E-state index contributed by atoms with van der Waals surface area (Å²) in [7, 11) is 1.82. The zero-order chi connectivity index (χ0) is 32.4. The van der Waals surface area contributed by atoms with Crippen LogP contribution in [0.1, 0.15) is 104 Å². The zero-order valence-electron chi connectivity index (χ0n) is 28.2. The van der Waals surface area contributed by atoms with E-state index in [1.165, 1.54) is 27.8 Å². The number of allylic oxidation sites excluding steroid dienone is 2. The standard InChI is InChI=1S/C37H49N5O3/c1-9-26-23(5)32-20-35-27(10-2)22(4)31(39-35)19-33-24(6)28(11-12-36(44)42(8)13-15-45-16-14-43)37(41-33)25(7)30-17-21(3)29(38-30)18-34(26)40-32/h17-20,24,28,38-39,43H,9-16H2,1-8H3/t24-,28-/m0/s1. The number of hydrogen-bond acceptors (Lipinski definition) is 5. The van der Waals surface area contributed by atoms with Gasteiger partial charge < -0.3 is 24.7 Å². The van der Waals surface area contributed by atoms with Crippen molar-refractivity contribution in [1.29, 1.82) is 0 Å². The second kappa shape index (κ2) is 13.7. The van der Waals surface area contributed by atoms with Gasteiger partial charge in [-0.25, -0.2) is 4.98 Å². The Hall–Kier alpha value is -3.75. The molecule has 0 unspecified atom stereocenters. The van der Waals surface area contributed by atoms with Crippen molar-refractivity contribution in [1.82, 2.24) is 24.8 Å². The summed E-state index contributed by atoms with van der Waals surface area (Å²) in [5.74, 6) is 0.338. The van der Waals surface area contributed by atoms with Gasteiger partial charge in [0.15, 0.2) is 0 Å². The lowest BCUT2D eigenvalue weighted by Gasteiger charge is -2.20. The van der Waals surface area contributed by atoms with Crippen molar-refractivity contribution in [2.24, 2.45) is 0 Å². The van der Waals surface area contributed by atoms with Gasteiger partial charge in [-0.2, -0.15) is 0 Å². The number of fused-ring (bicyclic) bond motifs is 8. The quantitative estimate of drug-likeness (QED) is 0.209. The Balaban J connectivity index is 1.66. The first kappa shape index (κ1) is 32.6. The lowest BCUT2D eigenvalue weighted by molar-refractivity contribution is -0.130. The minimum atomic E-state index is -0.0169. The van der Waals surface area contributed by atoms with E-state index >= 15 is 0 Å². The van der Waals surface area contributed by atoms with Crippen LogP contribution in [0.15, 0.2) is 24.3 Å². The summed E-state index contributed by atoms with van der Waals surface area (Å²) in [6, 6.07) is 8.83. The van der Waals surface area contributed by atoms with E-state index in [2.05, 4.69) is 82.7 Å². The Morgan fingerprint density at radius 2 is 1.62 bits per heavy atom. The van der Waals surface area contributed by atoms with Gasteiger partial charge in [0.05, 0.1) is 31.2 Å². The first-order valence-electron chi connectivity index (χ1n) is 16.4. The molecule has 0 saturated carbocycles. The molecule has 5 heterocycles. The molecule has 0 spiro atoms. The number of carbonyl (C=O) groups is 1. The summed E-state index contributed by atoms with van der Waals surface area (Å²) >= 11 is 0. The number of rotatable bonds is 10. The van der Waals surface area contributed by atoms with E-state index in [9.17, 15) is 4.79 Å². The maximum atomic E-state index is 13.1. The molecule has 0 radical (unpaired) electrons. The van der Waals surface area contributed by atoms with Gasteiger partial charge in [-0.05, 0) is 105 Å². The summed E-state index contributed by atoms with van der Waals surface area (Å²) in [6.45, 7) is 16.5. The fourth-order valence-corrected chi connectivity index (χ4v) is 6.86. The van der Waals surface area contributed by atoms with Crippen LogP contribution in [0.25, 0.3) is 33.2 Å². The van der Waals surface area contributed by atoms with Crippen LogP contribution < -0.4 is 0 Å². The molecule has 3 N–H and O–H groups in total. The van der Waals surface area contributed by atoms with Crippen molar-refractivity contribution in [3.63, 3.8) is 0 Å². The molecule has 5 rings (SSSR count). The summed E-state index contributed by atoms with van der Waals surface area (Å²) in [4.78, 5) is 32.7. The summed E-state index contributed by atoms with van der Waals surface area (Å²) < 4.78 is 5.37. The van der Waals surface area contributed by atoms with Gasteiger partial charge in [-0.3, -0.25) is 9.78 Å². The largest absolute Gasteiger partial charge is 0.394 e. The number of aliphatic hydroxyl groups is 1. The smallest absolute Gasteiger partial charge is 0.222 e. The van der Waals surface area contributed by atoms with Gasteiger partial charge >= 0.3 is 0 Å². The number of nitrogens with zero attached hydrogens (tertiary/aromatic N) is 3. The molecule has 45 heavy (non-hydrogen) atoms. The van der Waals surface area contributed by atoms with E-state index in [4.69, 9.17) is 19.8 Å². The summed E-state index contributed by atoms with van der Waals surface area (Å²) in [5.41, 5.74) is 15.7. The molecule has 3 aromatic heterocycles. The third-order valence-corrected chi connectivity index (χ3v) is 9.82. The van der Waals surface area contributed by atoms with Crippen molar-refractivity contribution in [2.45, 2.75) is 86.0 Å². The summed E-state index contributed by atoms with van der Waals surface area (Å²) in [6.07, 6.45) is 2.97. The van der Waals surface area contributed by atoms with Gasteiger partial charge in [-0.1, -0.05) is 20.8 Å². The maximum absolute atomic E-state index is 13.1. The predicted molar refractivity (Wildman–Crippen MR) is 183 cm³/mol. The number of aliphatic hydroxyl groups excluding tert-OH is 1. The number of nitrogens with one attached hydrogen (secondary N) is 2. The Morgan fingerprint density at radius 3 is 2.33 bits per heavy atom. The fraction of sp³-hybridized carbons (Fsp3) is 0.486. The molecule has 0 aromatic carbocycles. The van der Waals surface area contributed by atoms with Crippen LogP contribution in [0.3, 0.4) is 0 Å². The molecule has 8 heteroatoms. The third kappa shape index (κ3) is 6.49. The normalized spacial score (nSPS) is 16.5. The average Bonchev–Trinajstić information content (AvgIpc) is 3.72. The van der Waals surface area contributed by atoms with E-state index in [0.717, 1.165) is 63.2 Å². The number of H-pyrrole nitrogens is 2. The molecule has 0 aliphatic carbocycles. The molecule has 0 saturated heterocycles. The van der Waals surface area contributed by atoms with Gasteiger partial charge in [0.2, 0.25) is 5.91 Å². The highest BCUT2D eigenvalue weighted by molar-refractivity contribution is 5.92. The topological polar surface area (TPSA) is 107 Å². The van der Waals surface area contributed by atoms with Crippen LogP contribution in [0.2, 0.25) is 0 Å². The van der Waals surface area contributed by atoms with Crippen molar-refractivity contribution >= 4 is 39.1 Å². The van der Waals surface area contributed by atoms with Gasteiger partial charge in [0.1, 0.15) is 0 Å². The fourth-order valence-electron chi connectivity index (χ4n) is 6.86. The Kier molecular flexibility index (Phi) is 9.94. The second-order valence-corrected chi connectivity index (χ2v) is 12.6. The van der Waals surface area contributed by atoms with Gasteiger partial charge in [-0.15, -0.1) is 0 Å². The lowest BCUT2D eigenvalue weighted by atomic mass is 9.86. The SMILES string of the molecule is CCC1=C(C)c2cc3[nH]c(cc4nc(c(C)c5cc(C)c(cc1n2)[nH]5)[C@@H](CCC(=O)N(C)CCOCCO)[C@@H]4C)c(C)c3CC. The molecule has 2 atom stereocenters. The number of likely N-dealkylation sites (N-methyl/N-ethyl adjacent to an activating group) is 1. The Bertz CT molecular complexity index is 1780.